The van der Waals surface area contributed by atoms with Crippen molar-refractivity contribution in [2.75, 3.05) is 32.7 Å². The highest BCUT2D eigenvalue weighted by Gasteiger charge is 2.42. The second-order valence-electron chi connectivity index (χ2n) is 10.9. The van der Waals surface area contributed by atoms with Crippen LogP contribution in [0, 0.1) is 17.7 Å². The lowest BCUT2D eigenvalue weighted by atomic mass is 10.0. The Hall–Kier alpha value is -2.64. The molecule has 2 heterocycles. The van der Waals surface area contributed by atoms with Crippen LogP contribution in [0.2, 0.25) is 5.02 Å². The first-order chi connectivity index (χ1) is 17.7. The highest BCUT2D eigenvalue weighted by atomic mass is 35.5. The minimum Gasteiger partial charge on any atom is -0.338 e. The first-order valence-electron chi connectivity index (χ1n) is 13.2. The first kappa shape index (κ1) is 27.4. The topological polar surface area (TPSA) is 55.9 Å². The number of benzene rings is 2. The molecule has 3 atom stereocenters. The minimum atomic E-state index is -0.571. The van der Waals surface area contributed by atoms with Crippen LogP contribution in [0.4, 0.5) is 9.18 Å². The van der Waals surface area contributed by atoms with E-state index in [1.807, 2.05) is 50.8 Å². The van der Waals surface area contributed by atoms with Crippen molar-refractivity contribution in [2.24, 2.45) is 11.8 Å². The molecule has 2 fully saturated rings. The number of rotatable bonds is 8. The van der Waals surface area contributed by atoms with Crippen LogP contribution in [0.15, 0.2) is 48.5 Å². The van der Waals surface area contributed by atoms with Gasteiger partial charge in [-0.05, 0) is 63.6 Å². The fourth-order valence-electron chi connectivity index (χ4n) is 5.91. The highest BCUT2D eigenvalue weighted by Crippen LogP contribution is 2.34. The van der Waals surface area contributed by atoms with Crippen LogP contribution >= 0.6 is 11.6 Å². The molecule has 0 bridgehead atoms. The molecule has 2 aromatic rings. The summed E-state index contributed by atoms with van der Waals surface area (Å²) in [6.45, 7) is 12.0. The van der Waals surface area contributed by atoms with Crippen LogP contribution in [-0.2, 0) is 0 Å². The summed E-state index contributed by atoms with van der Waals surface area (Å²) in [6.07, 6.45) is 0.798. The lowest BCUT2D eigenvalue weighted by Gasteiger charge is -2.33. The molecule has 4 rings (SSSR count). The SMILES string of the molecule is CC(C)N(C(=O)N[C@@H](CCN1CC2CN(C(=O)c3c(F)cccc3Cl)CC2C1)c1ccccc1)C(C)C. The van der Waals surface area contributed by atoms with E-state index >= 15 is 0 Å². The lowest BCUT2D eigenvalue weighted by molar-refractivity contribution is 0.0769. The summed E-state index contributed by atoms with van der Waals surface area (Å²) in [7, 11) is 0. The van der Waals surface area contributed by atoms with Gasteiger partial charge in [0.1, 0.15) is 5.82 Å². The van der Waals surface area contributed by atoms with E-state index in [1.165, 1.54) is 12.1 Å². The zero-order valence-corrected chi connectivity index (χ0v) is 22.9. The predicted octanol–water partition coefficient (Wildman–Crippen LogP) is 5.44. The van der Waals surface area contributed by atoms with Crippen molar-refractivity contribution in [3.63, 3.8) is 0 Å². The predicted molar refractivity (Wildman–Crippen MR) is 145 cm³/mol. The highest BCUT2D eigenvalue weighted by molar-refractivity contribution is 6.33. The van der Waals surface area contributed by atoms with E-state index in [0.29, 0.717) is 24.9 Å². The molecule has 0 spiro atoms. The van der Waals surface area contributed by atoms with Gasteiger partial charge in [0.15, 0.2) is 0 Å². The number of halogens is 2. The number of hydrogen-bond acceptors (Lipinski definition) is 3. The molecule has 0 saturated carbocycles. The summed E-state index contributed by atoms with van der Waals surface area (Å²) in [5, 5.41) is 3.44. The maximum absolute atomic E-state index is 14.3. The quantitative estimate of drug-likeness (QED) is 0.496. The molecule has 2 unspecified atom stereocenters. The van der Waals surface area contributed by atoms with Gasteiger partial charge in [-0.25, -0.2) is 9.18 Å². The van der Waals surface area contributed by atoms with Gasteiger partial charge >= 0.3 is 6.03 Å². The zero-order chi connectivity index (χ0) is 26.7. The van der Waals surface area contributed by atoms with E-state index in [4.69, 9.17) is 11.6 Å². The van der Waals surface area contributed by atoms with Crippen molar-refractivity contribution < 1.29 is 14.0 Å². The van der Waals surface area contributed by atoms with Gasteiger partial charge in [0, 0.05) is 44.8 Å². The number of fused-ring (bicyclic) bond motifs is 1. The zero-order valence-electron chi connectivity index (χ0n) is 22.2. The van der Waals surface area contributed by atoms with Crippen LogP contribution in [0.1, 0.15) is 56.1 Å². The molecule has 0 aromatic heterocycles. The molecule has 2 aliphatic heterocycles. The third-order valence-corrected chi connectivity index (χ3v) is 7.92. The van der Waals surface area contributed by atoms with Crippen LogP contribution in [0.25, 0.3) is 0 Å². The monoisotopic (exact) mass is 528 g/mol. The molecule has 8 heteroatoms. The third-order valence-electron chi connectivity index (χ3n) is 7.61. The molecule has 200 valence electrons. The molecule has 2 aromatic carbocycles. The smallest absolute Gasteiger partial charge is 0.318 e. The number of likely N-dealkylation sites (tertiary alicyclic amines) is 2. The van der Waals surface area contributed by atoms with Crippen LogP contribution in [-0.4, -0.2) is 71.4 Å². The second-order valence-corrected chi connectivity index (χ2v) is 11.3. The van der Waals surface area contributed by atoms with Crippen molar-refractivity contribution in [1.29, 1.82) is 0 Å². The fourth-order valence-corrected chi connectivity index (χ4v) is 6.15. The van der Waals surface area contributed by atoms with Gasteiger partial charge in [-0.1, -0.05) is 48.0 Å². The van der Waals surface area contributed by atoms with E-state index < -0.39 is 5.82 Å². The Bertz CT molecular complexity index is 1050. The molecule has 37 heavy (non-hydrogen) atoms. The Kier molecular flexibility index (Phi) is 8.75. The summed E-state index contributed by atoms with van der Waals surface area (Å²) in [5.41, 5.74) is 1.07. The van der Waals surface area contributed by atoms with Crippen molar-refractivity contribution in [3.8, 4) is 0 Å². The van der Waals surface area contributed by atoms with E-state index in [2.05, 4.69) is 22.3 Å². The number of carbonyl (C=O) groups excluding carboxylic acids is 2. The van der Waals surface area contributed by atoms with Crippen LogP contribution in [0.5, 0.6) is 0 Å². The van der Waals surface area contributed by atoms with Crippen molar-refractivity contribution in [1.82, 2.24) is 20.0 Å². The molecule has 0 radical (unpaired) electrons. The van der Waals surface area contributed by atoms with Crippen molar-refractivity contribution in [3.05, 3.63) is 70.5 Å². The first-order valence-corrected chi connectivity index (χ1v) is 13.6. The molecular weight excluding hydrogens is 491 g/mol. The minimum absolute atomic E-state index is 0.0284. The number of nitrogens with one attached hydrogen (secondary N) is 1. The normalized spacial score (nSPS) is 20.4. The Labute approximate surface area is 224 Å². The van der Waals surface area contributed by atoms with E-state index in [0.717, 1.165) is 31.6 Å². The number of hydrogen-bond donors (Lipinski definition) is 1. The summed E-state index contributed by atoms with van der Waals surface area (Å²) in [6, 6.07) is 14.6. The number of carbonyl (C=O) groups is 2. The Morgan fingerprint density at radius 3 is 2.16 bits per heavy atom. The van der Waals surface area contributed by atoms with Gasteiger partial charge in [-0.2, -0.15) is 0 Å². The van der Waals surface area contributed by atoms with E-state index in [9.17, 15) is 14.0 Å². The van der Waals surface area contributed by atoms with Gasteiger partial charge in [0.05, 0.1) is 16.6 Å². The van der Waals surface area contributed by atoms with Crippen LogP contribution < -0.4 is 5.32 Å². The van der Waals surface area contributed by atoms with Crippen molar-refractivity contribution in [2.45, 2.75) is 52.2 Å². The second kappa shape index (κ2) is 11.8. The molecule has 6 nitrogen and oxygen atoms in total. The molecular formula is C29H38ClFN4O2. The number of nitrogens with zero attached hydrogens (tertiary/aromatic N) is 3. The van der Waals surface area contributed by atoms with Gasteiger partial charge < -0.3 is 20.0 Å². The standard InChI is InChI=1S/C29H38ClFN4O2/c1-19(2)35(20(3)4)29(37)32-26(21-9-6-5-7-10-21)13-14-33-15-22-17-34(18-23(22)16-33)28(36)27-24(30)11-8-12-25(27)31/h5-12,19-20,22-23,26H,13-18H2,1-4H3,(H,32,37)/t22?,23?,26-/m0/s1. The lowest BCUT2D eigenvalue weighted by Crippen LogP contribution is -2.49. The molecule has 1 N–H and O–H groups in total. The average molecular weight is 529 g/mol. The summed E-state index contributed by atoms with van der Waals surface area (Å²) >= 11 is 6.13. The number of amides is 3. The van der Waals surface area contributed by atoms with Gasteiger partial charge in [0.2, 0.25) is 0 Å². The van der Waals surface area contributed by atoms with Crippen molar-refractivity contribution >= 4 is 23.5 Å². The average Bonchev–Trinajstić information content (AvgIpc) is 3.40. The summed E-state index contributed by atoms with van der Waals surface area (Å²) in [4.78, 5) is 32.2. The molecule has 2 aliphatic rings. The molecule has 2 saturated heterocycles. The maximum Gasteiger partial charge on any atom is 0.318 e. The van der Waals surface area contributed by atoms with Gasteiger partial charge in [-0.15, -0.1) is 0 Å². The molecule has 3 amide bonds. The third kappa shape index (κ3) is 6.27. The number of urea groups is 1. The van der Waals surface area contributed by atoms with Gasteiger partial charge in [0.25, 0.3) is 5.91 Å². The van der Waals surface area contributed by atoms with Gasteiger partial charge in [-0.3, -0.25) is 4.79 Å². The van der Waals surface area contributed by atoms with E-state index in [-0.39, 0.29) is 40.6 Å². The molecule has 0 aliphatic carbocycles. The Morgan fingerprint density at radius 1 is 0.973 bits per heavy atom. The Balaban J connectivity index is 1.36. The van der Waals surface area contributed by atoms with Crippen LogP contribution in [0.3, 0.4) is 0 Å². The summed E-state index contributed by atoms with van der Waals surface area (Å²) in [5.74, 6) is -0.178. The van der Waals surface area contributed by atoms with E-state index in [1.54, 1.807) is 11.0 Å². The summed E-state index contributed by atoms with van der Waals surface area (Å²) < 4.78 is 14.3. The largest absolute Gasteiger partial charge is 0.338 e. The Morgan fingerprint density at radius 2 is 1.59 bits per heavy atom. The fraction of sp³-hybridized carbons (Fsp3) is 0.517. The maximum atomic E-state index is 14.3.